The molecule has 172 valence electrons. The Balaban J connectivity index is 1.35. The van der Waals surface area contributed by atoms with E-state index in [9.17, 15) is 4.79 Å². The van der Waals surface area contributed by atoms with Crippen LogP contribution in [-0.2, 0) is 9.53 Å². The van der Waals surface area contributed by atoms with Crippen molar-refractivity contribution in [3.05, 3.63) is 94.4 Å². The van der Waals surface area contributed by atoms with Crippen LogP contribution in [0.15, 0.2) is 98.6 Å². The maximum absolute atomic E-state index is 13.3. The number of amidine groups is 1. The molecule has 0 unspecified atom stereocenters. The van der Waals surface area contributed by atoms with E-state index in [-0.39, 0.29) is 12.0 Å². The monoisotopic (exact) mass is 506 g/mol. The number of rotatable bonds is 6. The van der Waals surface area contributed by atoms with Gasteiger partial charge < -0.3 is 4.74 Å². The molecule has 7 heteroatoms. The van der Waals surface area contributed by atoms with Gasteiger partial charge in [-0.1, -0.05) is 53.7 Å². The molecule has 34 heavy (non-hydrogen) atoms. The standard InChI is InChI=1S/C27H23ClN2O2S2/c28-20-10-14-24(15-11-20)33-23-12-8-19(9-13-23)17-25-26(31)30(18-22-7-4-16-32-22)27(34-25)29-21-5-2-1-3-6-21/h1-3,5-6,8-15,17,22H,4,7,16,18H2/b25-17-,29-27?/t22-/m1/s1. The normalized spacial score (nSPS) is 20.6. The molecule has 1 atom stereocenters. The molecule has 0 radical (unpaired) electrons. The second kappa shape index (κ2) is 10.8. The molecule has 0 aromatic heterocycles. The highest BCUT2D eigenvalue weighted by molar-refractivity contribution is 8.18. The fraction of sp³-hybridized carbons (Fsp3) is 0.185. The maximum Gasteiger partial charge on any atom is 0.266 e. The molecule has 2 aliphatic rings. The third kappa shape index (κ3) is 5.76. The van der Waals surface area contributed by atoms with Crippen molar-refractivity contribution in [3.63, 3.8) is 0 Å². The van der Waals surface area contributed by atoms with Crippen LogP contribution in [0.3, 0.4) is 0 Å². The number of benzene rings is 3. The highest BCUT2D eigenvalue weighted by atomic mass is 35.5. The third-order valence-corrected chi connectivity index (χ3v) is 7.78. The number of ether oxygens (including phenoxy) is 1. The number of hydrogen-bond donors (Lipinski definition) is 0. The Kier molecular flexibility index (Phi) is 7.40. The molecule has 2 aliphatic heterocycles. The van der Waals surface area contributed by atoms with E-state index in [0.29, 0.717) is 16.6 Å². The Bertz CT molecular complexity index is 1210. The van der Waals surface area contributed by atoms with Crippen molar-refractivity contribution < 1.29 is 9.53 Å². The minimum Gasteiger partial charge on any atom is -0.376 e. The van der Waals surface area contributed by atoms with E-state index in [1.54, 1.807) is 16.7 Å². The van der Waals surface area contributed by atoms with E-state index in [1.807, 2.05) is 72.8 Å². The average molecular weight is 507 g/mol. The number of aliphatic imine (C=N–C) groups is 1. The molecule has 0 saturated carbocycles. The van der Waals surface area contributed by atoms with Gasteiger partial charge in [-0.3, -0.25) is 9.69 Å². The smallest absolute Gasteiger partial charge is 0.266 e. The number of carbonyl (C=O) groups is 1. The van der Waals surface area contributed by atoms with E-state index in [0.717, 1.165) is 45.5 Å². The second-order valence-electron chi connectivity index (χ2n) is 8.02. The van der Waals surface area contributed by atoms with Crippen molar-refractivity contribution in [2.75, 3.05) is 13.2 Å². The molecule has 0 bridgehead atoms. The van der Waals surface area contributed by atoms with E-state index in [4.69, 9.17) is 21.3 Å². The first kappa shape index (κ1) is 23.2. The van der Waals surface area contributed by atoms with Crippen LogP contribution < -0.4 is 0 Å². The lowest BCUT2D eigenvalue weighted by Crippen LogP contribution is -2.36. The lowest BCUT2D eigenvalue weighted by Gasteiger charge is -2.19. The number of thioether (sulfide) groups is 1. The van der Waals surface area contributed by atoms with Gasteiger partial charge in [-0.15, -0.1) is 0 Å². The van der Waals surface area contributed by atoms with Crippen LogP contribution in [0.2, 0.25) is 5.02 Å². The van der Waals surface area contributed by atoms with Gasteiger partial charge in [-0.25, -0.2) is 4.99 Å². The number of nitrogens with zero attached hydrogens (tertiary/aromatic N) is 2. The summed E-state index contributed by atoms with van der Waals surface area (Å²) < 4.78 is 5.80. The zero-order valence-electron chi connectivity index (χ0n) is 18.4. The predicted octanol–water partition coefficient (Wildman–Crippen LogP) is 7.27. The van der Waals surface area contributed by atoms with Gasteiger partial charge in [0, 0.05) is 21.4 Å². The van der Waals surface area contributed by atoms with E-state index >= 15 is 0 Å². The fourth-order valence-electron chi connectivity index (χ4n) is 3.78. The SMILES string of the molecule is O=C1/C(=C/c2ccc(Sc3ccc(Cl)cc3)cc2)SC(=Nc2ccccc2)N1C[C@H]1CCCO1. The Morgan fingerprint density at radius 3 is 2.41 bits per heavy atom. The van der Waals surface area contributed by atoms with Crippen molar-refractivity contribution in [1.82, 2.24) is 4.90 Å². The minimum absolute atomic E-state index is 0.0187. The molecule has 2 heterocycles. The van der Waals surface area contributed by atoms with Gasteiger partial charge in [0.15, 0.2) is 5.17 Å². The number of para-hydroxylation sites is 1. The number of amides is 1. The molecule has 4 nitrogen and oxygen atoms in total. The van der Waals surface area contributed by atoms with Crippen LogP contribution in [0.1, 0.15) is 18.4 Å². The average Bonchev–Trinajstić information content (AvgIpc) is 3.47. The summed E-state index contributed by atoms with van der Waals surface area (Å²) in [5.41, 5.74) is 1.81. The first-order valence-electron chi connectivity index (χ1n) is 11.1. The van der Waals surface area contributed by atoms with Gasteiger partial charge in [-0.2, -0.15) is 0 Å². The molecule has 5 rings (SSSR count). The third-order valence-electron chi connectivity index (χ3n) is 5.51. The zero-order valence-corrected chi connectivity index (χ0v) is 20.8. The summed E-state index contributed by atoms with van der Waals surface area (Å²) in [4.78, 5) is 22.8. The van der Waals surface area contributed by atoms with Gasteiger partial charge in [0.05, 0.1) is 23.2 Å². The van der Waals surface area contributed by atoms with Gasteiger partial charge in [0.2, 0.25) is 0 Å². The van der Waals surface area contributed by atoms with Crippen LogP contribution in [0, 0.1) is 0 Å². The van der Waals surface area contributed by atoms with Crippen molar-refractivity contribution in [2.45, 2.75) is 28.7 Å². The van der Waals surface area contributed by atoms with Gasteiger partial charge >= 0.3 is 0 Å². The summed E-state index contributed by atoms with van der Waals surface area (Å²) in [6.45, 7) is 1.29. The van der Waals surface area contributed by atoms with Crippen molar-refractivity contribution in [2.24, 2.45) is 4.99 Å². The zero-order chi connectivity index (χ0) is 23.3. The second-order valence-corrected chi connectivity index (χ2v) is 10.6. The lowest BCUT2D eigenvalue weighted by atomic mass is 10.2. The number of halogens is 1. The van der Waals surface area contributed by atoms with Crippen LogP contribution in [0.5, 0.6) is 0 Å². The molecule has 0 aliphatic carbocycles. The molecular formula is C27H23ClN2O2S2. The molecule has 3 aromatic rings. The molecule has 2 saturated heterocycles. The summed E-state index contributed by atoms with van der Waals surface area (Å²) in [6.07, 6.45) is 4.02. The maximum atomic E-state index is 13.3. The lowest BCUT2D eigenvalue weighted by molar-refractivity contribution is -0.123. The summed E-state index contributed by atoms with van der Waals surface area (Å²) in [5, 5.41) is 1.43. The first-order chi connectivity index (χ1) is 16.6. The highest BCUT2D eigenvalue weighted by Gasteiger charge is 2.35. The molecular weight excluding hydrogens is 484 g/mol. The molecule has 0 spiro atoms. The van der Waals surface area contributed by atoms with Crippen LogP contribution in [0.4, 0.5) is 5.69 Å². The molecule has 0 N–H and O–H groups in total. The topological polar surface area (TPSA) is 41.9 Å². The minimum atomic E-state index is -0.0187. The Morgan fingerprint density at radius 2 is 1.74 bits per heavy atom. The largest absolute Gasteiger partial charge is 0.376 e. The fourth-order valence-corrected chi connectivity index (χ4v) is 5.73. The Morgan fingerprint density at radius 1 is 1.03 bits per heavy atom. The van der Waals surface area contributed by atoms with Crippen molar-refractivity contribution in [1.29, 1.82) is 0 Å². The first-order valence-corrected chi connectivity index (χ1v) is 13.2. The van der Waals surface area contributed by atoms with E-state index < -0.39 is 0 Å². The molecule has 2 fully saturated rings. The Labute approximate surface area is 213 Å². The van der Waals surface area contributed by atoms with E-state index in [2.05, 4.69) is 12.1 Å². The van der Waals surface area contributed by atoms with Gasteiger partial charge in [0.1, 0.15) is 0 Å². The summed E-state index contributed by atoms with van der Waals surface area (Å²) in [5.74, 6) is -0.0187. The number of carbonyl (C=O) groups excluding carboxylic acids is 1. The molecule has 3 aromatic carbocycles. The highest BCUT2D eigenvalue weighted by Crippen LogP contribution is 2.35. The van der Waals surface area contributed by atoms with Crippen LogP contribution in [0.25, 0.3) is 6.08 Å². The molecule has 1 amide bonds. The summed E-state index contributed by atoms with van der Waals surface area (Å²) in [6, 6.07) is 25.8. The summed E-state index contributed by atoms with van der Waals surface area (Å²) >= 11 is 9.07. The Hall–Kier alpha value is -2.51. The summed E-state index contributed by atoms with van der Waals surface area (Å²) in [7, 11) is 0. The van der Waals surface area contributed by atoms with Gasteiger partial charge in [0.25, 0.3) is 5.91 Å². The van der Waals surface area contributed by atoms with Crippen molar-refractivity contribution in [3.8, 4) is 0 Å². The van der Waals surface area contributed by atoms with Crippen molar-refractivity contribution >= 4 is 58.0 Å². The number of hydrogen-bond acceptors (Lipinski definition) is 5. The quantitative estimate of drug-likeness (QED) is 0.329. The van der Waals surface area contributed by atoms with Gasteiger partial charge in [-0.05, 0) is 84.8 Å². The van der Waals surface area contributed by atoms with Crippen LogP contribution >= 0.6 is 35.1 Å². The van der Waals surface area contributed by atoms with Crippen LogP contribution in [-0.4, -0.2) is 35.2 Å². The predicted molar refractivity (Wildman–Crippen MR) is 142 cm³/mol. The van der Waals surface area contributed by atoms with E-state index in [1.165, 1.54) is 11.8 Å².